The first-order valence-electron chi connectivity index (χ1n) is 21.1. The van der Waals surface area contributed by atoms with E-state index in [-0.39, 0.29) is 0 Å². The smallest absolute Gasteiger partial charge is 0.0162 e. The molecule has 318 valence electrons. The number of hydrogen-bond acceptors (Lipinski definition) is 18. The Bertz CT molecular complexity index is 362. The summed E-state index contributed by atoms with van der Waals surface area (Å²) in [5.41, 5.74) is 0. The lowest BCUT2D eigenvalue weighted by Gasteiger charge is -2.10. The molecule has 1 fully saturated rings. The molecule has 0 radical (unpaired) electrons. The van der Waals surface area contributed by atoms with Crippen LogP contribution >= 0.6 is 21.6 Å². The minimum atomic E-state index is 1.00. The molecule has 0 aromatic carbocycles. The van der Waals surface area contributed by atoms with Crippen LogP contribution in [-0.2, 0) is 0 Å². The van der Waals surface area contributed by atoms with Crippen LogP contribution in [0.4, 0.5) is 0 Å². The molecule has 16 nitrogen and oxygen atoms in total. The maximum Gasteiger partial charge on any atom is 0.0162 e. The van der Waals surface area contributed by atoms with Gasteiger partial charge in [0.05, 0.1) is 0 Å². The molecule has 1 rings (SSSR count). The number of nitrogens with one attached hydrogen (secondary N) is 16. The first kappa shape index (κ1) is 51.1. The Kier molecular flexibility index (Phi) is 46.5. The summed E-state index contributed by atoms with van der Waals surface area (Å²) < 4.78 is 0. The standard InChI is InChI=1S/C35H86N16S2/c1-2-36-3-4-37-5-6-38-7-8-39-9-10-40-11-12-41-13-14-42-15-16-43-17-18-44-19-20-45-21-22-46-23-24-47-25-26-48-27-28-49-29-30-50-31-32-51-33-35-53-52-34-1/h36-51H,1-35H2. The van der Waals surface area contributed by atoms with Crippen molar-refractivity contribution in [2.75, 3.05) is 221 Å². The van der Waals surface area contributed by atoms with Crippen molar-refractivity contribution >= 4 is 21.6 Å². The van der Waals surface area contributed by atoms with Crippen molar-refractivity contribution in [2.45, 2.75) is 6.42 Å². The SMILES string of the molecule is C1CNCCNCCNCCNCCNCCNCCNCCNCCNCCNCCNCCNCCNCCNCCNCCNCCSSC1. The molecule has 0 saturated carbocycles. The van der Waals surface area contributed by atoms with Crippen molar-refractivity contribution in [3.05, 3.63) is 0 Å². The van der Waals surface area contributed by atoms with E-state index in [0.29, 0.717) is 0 Å². The highest BCUT2D eigenvalue weighted by Gasteiger charge is 1.96. The second kappa shape index (κ2) is 48.2. The lowest BCUT2D eigenvalue weighted by Crippen LogP contribution is -2.39. The van der Waals surface area contributed by atoms with Crippen molar-refractivity contribution in [1.29, 1.82) is 0 Å². The van der Waals surface area contributed by atoms with Gasteiger partial charge >= 0.3 is 0 Å². The van der Waals surface area contributed by atoms with E-state index in [1.54, 1.807) is 0 Å². The zero-order valence-electron chi connectivity index (χ0n) is 33.6. The number of rotatable bonds is 0. The van der Waals surface area contributed by atoms with Crippen LogP contribution in [0.5, 0.6) is 0 Å². The van der Waals surface area contributed by atoms with Gasteiger partial charge in [-0.05, 0) is 13.0 Å². The zero-order valence-corrected chi connectivity index (χ0v) is 35.2. The van der Waals surface area contributed by atoms with Crippen molar-refractivity contribution in [1.82, 2.24) is 85.1 Å². The highest BCUT2D eigenvalue weighted by molar-refractivity contribution is 8.76. The summed E-state index contributed by atoms with van der Waals surface area (Å²) in [6.45, 7) is 32.4. The average Bonchev–Trinajstić information content (AvgIpc) is 3.17. The van der Waals surface area contributed by atoms with Crippen molar-refractivity contribution < 1.29 is 0 Å². The fourth-order valence-corrected chi connectivity index (χ4v) is 7.18. The van der Waals surface area contributed by atoms with Gasteiger partial charge in [0.2, 0.25) is 0 Å². The molecule has 0 amide bonds. The van der Waals surface area contributed by atoms with Crippen LogP contribution < -0.4 is 85.1 Å². The van der Waals surface area contributed by atoms with Crippen LogP contribution in [0.3, 0.4) is 0 Å². The molecule has 16 N–H and O–H groups in total. The van der Waals surface area contributed by atoms with Crippen molar-refractivity contribution in [2.24, 2.45) is 0 Å². The molecule has 0 atom stereocenters. The van der Waals surface area contributed by atoms with E-state index in [4.69, 9.17) is 0 Å². The molecule has 1 heterocycles. The Balaban J connectivity index is 2.00. The van der Waals surface area contributed by atoms with Gasteiger partial charge in [0.15, 0.2) is 0 Å². The van der Waals surface area contributed by atoms with E-state index in [9.17, 15) is 0 Å². The molecule has 0 spiro atoms. The van der Waals surface area contributed by atoms with Crippen LogP contribution in [0.1, 0.15) is 6.42 Å². The summed E-state index contributed by atoms with van der Waals surface area (Å²) in [4.78, 5) is 0. The predicted octanol–water partition coefficient (Wildman–Crippen LogP) is -4.79. The molecule has 0 unspecified atom stereocenters. The maximum atomic E-state index is 3.55. The third kappa shape index (κ3) is 46.3. The van der Waals surface area contributed by atoms with E-state index in [1.165, 1.54) is 12.2 Å². The monoisotopic (exact) mass is 795 g/mol. The zero-order chi connectivity index (χ0) is 37.5. The Morgan fingerprint density at radius 2 is 0.302 bits per heavy atom. The lowest BCUT2D eigenvalue weighted by molar-refractivity contribution is 0.538. The van der Waals surface area contributed by atoms with Gasteiger partial charge in [-0.2, -0.15) is 0 Å². The van der Waals surface area contributed by atoms with Crippen molar-refractivity contribution in [3.63, 3.8) is 0 Å². The maximum absolute atomic E-state index is 3.55. The van der Waals surface area contributed by atoms with E-state index in [0.717, 1.165) is 215 Å². The molecule has 1 aliphatic heterocycles. The van der Waals surface area contributed by atoms with Gasteiger partial charge in [-0.3, -0.25) is 0 Å². The molecule has 0 bridgehead atoms. The van der Waals surface area contributed by atoms with Gasteiger partial charge in [0, 0.05) is 214 Å². The molecule has 0 aromatic heterocycles. The Morgan fingerprint density at radius 1 is 0.151 bits per heavy atom. The number of hydrogen-bond donors (Lipinski definition) is 16. The minimum Gasteiger partial charge on any atom is -0.315 e. The van der Waals surface area contributed by atoms with Gasteiger partial charge in [-0.1, -0.05) is 21.6 Å². The van der Waals surface area contributed by atoms with Crippen LogP contribution in [0.15, 0.2) is 0 Å². The van der Waals surface area contributed by atoms with E-state index in [2.05, 4.69) is 85.1 Å². The van der Waals surface area contributed by atoms with E-state index >= 15 is 0 Å². The Labute approximate surface area is 333 Å². The summed E-state index contributed by atoms with van der Waals surface area (Å²) in [5.74, 6) is 2.37. The summed E-state index contributed by atoms with van der Waals surface area (Å²) >= 11 is 0. The second-order valence-corrected chi connectivity index (χ2v) is 15.7. The molecule has 0 aromatic rings. The van der Waals surface area contributed by atoms with Gasteiger partial charge in [0.1, 0.15) is 0 Å². The van der Waals surface area contributed by atoms with E-state index in [1.807, 2.05) is 21.6 Å². The van der Waals surface area contributed by atoms with Crippen LogP contribution in [0.2, 0.25) is 0 Å². The highest BCUT2D eigenvalue weighted by atomic mass is 33.1. The molecule has 1 saturated heterocycles. The first-order valence-corrected chi connectivity index (χ1v) is 23.5. The molecular formula is C35H86N16S2. The third-order valence-electron chi connectivity index (χ3n) is 8.21. The molecule has 53 heavy (non-hydrogen) atoms. The Hall–Kier alpha value is 0.0600. The first-order chi connectivity index (χ1) is 26.5. The molecule has 0 aliphatic carbocycles. The highest BCUT2D eigenvalue weighted by Crippen LogP contribution is 2.20. The largest absolute Gasteiger partial charge is 0.315 e. The topological polar surface area (TPSA) is 192 Å². The summed E-state index contributed by atoms with van der Waals surface area (Å²) in [7, 11) is 3.99. The molecule has 1 aliphatic rings. The summed E-state index contributed by atoms with van der Waals surface area (Å²) in [5, 5.41) is 56.1. The average molecular weight is 795 g/mol. The van der Waals surface area contributed by atoms with Crippen LogP contribution in [0, 0.1) is 0 Å². The van der Waals surface area contributed by atoms with Gasteiger partial charge in [-0.25, -0.2) is 0 Å². The minimum absolute atomic E-state index is 1.00. The van der Waals surface area contributed by atoms with Crippen LogP contribution in [0.25, 0.3) is 0 Å². The predicted molar refractivity (Wildman–Crippen MR) is 235 cm³/mol. The molecule has 18 heteroatoms. The second-order valence-electron chi connectivity index (χ2n) is 13.0. The fourth-order valence-electron chi connectivity index (χ4n) is 5.14. The van der Waals surface area contributed by atoms with Gasteiger partial charge < -0.3 is 85.1 Å². The van der Waals surface area contributed by atoms with Gasteiger partial charge in [0.25, 0.3) is 0 Å². The normalized spacial score (nSPS) is 24.0. The summed E-state index contributed by atoms with van der Waals surface area (Å²) in [6.07, 6.45) is 1.22. The summed E-state index contributed by atoms with van der Waals surface area (Å²) in [6, 6.07) is 0. The van der Waals surface area contributed by atoms with Gasteiger partial charge in [-0.15, -0.1) is 0 Å². The van der Waals surface area contributed by atoms with E-state index < -0.39 is 0 Å². The van der Waals surface area contributed by atoms with Crippen LogP contribution in [-0.4, -0.2) is 221 Å². The van der Waals surface area contributed by atoms with Crippen molar-refractivity contribution in [3.8, 4) is 0 Å². The quantitative estimate of drug-likeness (QED) is 0.105. The third-order valence-corrected chi connectivity index (χ3v) is 10.7. The lowest BCUT2D eigenvalue weighted by atomic mass is 10.4. The Morgan fingerprint density at radius 3 is 0.509 bits per heavy atom. The molecular weight excluding hydrogens is 709 g/mol. The fraction of sp³-hybridized carbons (Fsp3) is 1.00.